The quantitative estimate of drug-likeness (QED) is 0.864. The Morgan fingerprint density at radius 2 is 2.12 bits per heavy atom. The molecule has 0 radical (unpaired) electrons. The van der Waals surface area contributed by atoms with Gasteiger partial charge in [-0.2, -0.15) is 0 Å². The molecule has 142 valence electrons. The van der Waals surface area contributed by atoms with Crippen molar-refractivity contribution in [3.05, 3.63) is 35.6 Å². The van der Waals surface area contributed by atoms with Crippen LogP contribution in [-0.2, 0) is 9.53 Å². The Kier molecular flexibility index (Phi) is 4.18. The van der Waals surface area contributed by atoms with Gasteiger partial charge in [-0.25, -0.2) is 4.39 Å². The van der Waals surface area contributed by atoms with Gasteiger partial charge in [0, 0.05) is 18.6 Å². The molecule has 1 saturated heterocycles. The van der Waals surface area contributed by atoms with Crippen LogP contribution in [0.3, 0.4) is 0 Å². The summed E-state index contributed by atoms with van der Waals surface area (Å²) in [6.07, 6.45) is 3.15. The Bertz CT molecular complexity index is 716. The van der Waals surface area contributed by atoms with Crippen LogP contribution >= 0.6 is 0 Å². The Labute approximate surface area is 155 Å². The number of amides is 1. The van der Waals surface area contributed by atoms with Crippen molar-refractivity contribution in [3.8, 4) is 0 Å². The standard InChI is InChI=1S/C22H30FNO2/c1-13(2)19(25)24-20-21(3,4)15-11-17-18(14-6-5-7-16(23)10-14)26-9-8-22(17,20)12-15/h5-7,10,13,15,17-18,20H,8-9,11-12H2,1-4H3,(H,24,25)/t15-,17-,18-,20+,22?/m1/s1. The maximum atomic E-state index is 13.8. The fourth-order valence-electron chi connectivity index (χ4n) is 6.11. The van der Waals surface area contributed by atoms with Gasteiger partial charge in [-0.1, -0.05) is 39.8 Å². The molecule has 2 aliphatic carbocycles. The second-order valence-corrected chi connectivity index (χ2v) is 9.49. The lowest BCUT2D eigenvalue weighted by molar-refractivity contribution is -0.139. The Balaban J connectivity index is 1.69. The largest absolute Gasteiger partial charge is 0.373 e. The van der Waals surface area contributed by atoms with Crippen LogP contribution in [0.1, 0.15) is 58.6 Å². The van der Waals surface area contributed by atoms with E-state index < -0.39 is 0 Å². The van der Waals surface area contributed by atoms with Crippen molar-refractivity contribution in [3.63, 3.8) is 0 Å². The second-order valence-electron chi connectivity index (χ2n) is 9.49. The summed E-state index contributed by atoms with van der Waals surface area (Å²) >= 11 is 0. The molecule has 4 rings (SSSR count). The van der Waals surface area contributed by atoms with E-state index in [4.69, 9.17) is 4.74 Å². The zero-order valence-corrected chi connectivity index (χ0v) is 16.2. The third-order valence-electron chi connectivity index (χ3n) is 7.49. The highest BCUT2D eigenvalue weighted by molar-refractivity contribution is 5.78. The van der Waals surface area contributed by atoms with Gasteiger partial charge in [-0.3, -0.25) is 4.79 Å². The lowest BCUT2D eigenvalue weighted by atomic mass is 9.58. The predicted molar refractivity (Wildman–Crippen MR) is 98.9 cm³/mol. The minimum Gasteiger partial charge on any atom is -0.373 e. The predicted octanol–water partition coefficient (Wildman–Crippen LogP) is 4.48. The van der Waals surface area contributed by atoms with Crippen LogP contribution < -0.4 is 5.32 Å². The minimum atomic E-state index is -0.209. The lowest BCUT2D eigenvalue weighted by Crippen LogP contribution is -2.59. The van der Waals surface area contributed by atoms with E-state index in [2.05, 4.69) is 19.2 Å². The third kappa shape index (κ3) is 2.52. The number of benzene rings is 1. The van der Waals surface area contributed by atoms with E-state index in [1.54, 1.807) is 12.1 Å². The van der Waals surface area contributed by atoms with Gasteiger partial charge in [0.1, 0.15) is 5.82 Å². The first-order chi connectivity index (χ1) is 12.3. The van der Waals surface area contributed by atoms with E-state index in [0.717, 1.165) is 24.8 Å². The summed E-state index contributed by atoms with van der Waals surface area (Å²) in [4.78, 5) is 12.5. The van der Waals surface area contributed by atoms with Gasteiger partial charge in [0.2, 0.25) is 5.91 Å². The van der Waals surface area contributed by atoms with Crippen molar-refractivity contribution in [2.24, 2.45) is 28.6 Å². The third-order valence-corrected chi connectivity index (χ3v) is 7.49. The number of ether oxygens (including phenoxy) is 1. The first-order valence-corrected chi connectivity index (χ1v) is 9.93. The van der Waals surface area contributed by atoms with Crippen molar-refractivity contribution < 1.29 is 13.9 Å². The minimum absolute atomic E-state index is 0.0152. The van der Waals surface area contributed by atoms with Gasteiger partial charge in [0.05, 0.1) is 6.10 Å². The summed E-state index contributed by atoms with van der Waals surface area (Å²) in [7, 11) is 0. The van der Waals surface area contributed by atoms with E-state index in [-0.39, 0.29) is 40.6 Å². The molecule has 3 aliphatic rings. The molecule has 1 heterocycles. The topological polar surface area (TPSA) is 38.3 Å². The maximum Gasteiger partial charge on any atom is 0.222 e. The Morgan fingerprint density at radius 3 is 2.81 bits per heavy atom. The van der Waals surface area contributed by atoms with Crippen LogP contribution in [0.5, 0.6) is 0 Å². The lowest BCUT2D eigenvalue weighted by Gasteiger charge is -2.53. The molecule has 1 aromatic rings. The number of halogens is 1. The van der Waals surface area contributed by atoms with E-state index >= 15 is 0 Å². The van der Waals surface area contributed by atoms with Crippen LogP contribution in [-0.4, -0.2) is 18.6 Å². The van der Waals surface area contributed by atoms with Crippen molar-refractivity contribution >= 4 is 5.91 Å². The Morgan fingerprint density at radius 1 is 1.35 bits per heavy atom. The van der Waals surface area contributed by atoms with Gasteiger partial charge in [0.15, 0.2) is 0 Å². The molecule has 4 heteroatoms. The van der Waals surface area contributed by atoms with Crippen molar-refractivity contribution in [2.75, 3.05) is 6.61 Å². The number of nitrogens with one attached hydrogen (secondary N) is 1. The highest BCUT2D eigenvalue weighted by Crippen LogP contribution is 2.70. The van der Waals surface area contributed by atoms with Crippen LogP contribution in [0, 0.1) is 34.4 Å². The number of fused-ring (bicyclic) bond motifs is 1. The molecule has 2 bridgehead atoms. The van der Waals surface area contributed by atoms with Gasteiger partial charge < -0.3 is 10.1 Å². The average molecular weight is 359 g/mol. The molecule has 0 aromatic heterocycles. The first-order valence-electron chi connectivity index (χ1n) is 9.93. The van der Waals surface area contributed by atoms with Crippen molar-refractivity contribution in [1.82, 2.24) is 5.32 Å². The van der Waals surface area contributed by atoms with E-state index in [1.807, 2.05) is 19.9 Å². The zero-order chi connectivity index (χ0) is 18.7. The normalized spacial score (nSPS) is 37.6. The molecule has 1 N–H and O–H groups in total. The fourth-order valence-corrected chi connectivity index (χ4v) is 6.11. The monoisotopic (exact) mass is 359 g/mol. The van der Waals surface area contributed by atoms with Crippen LogP contribution in [0.4, 0.5) is 4.39 Å². The van der Waals surface area contributed by atoms with Crippen LogP contribution in [0.25, 0.3) is 0 Å². The summed E-state index contributed by atoms with van der Waals surface area (Å²) < 4.78 is 20.0. The molecule has 1 amide bonds. The molecular weight excluding hydrogens is 329 g/mol. The zero-order valence-electron chi connectivity index (χ0n) is 16.2. The summed E-state index contributed by atoms with van der Waals surface area (Å²) in [5.74, 6) is 0.825. The molecule has 5 atom stereocenters. The van der Waals surface area contributed by atoms with Crippen LogP contribution in [0.15, 0.2) is 24.3 Å². The van der Waals surface area contributed by atoms with Crippen molar-refractivity contribution in [1.29, 1.82) is 0 Å². The molecule has 1 aromatic carbocycles. The van der Waals surface area contributed by atoms with Gasteiger partial charge in [0.25, 0.3) is 0 Å². The molecule has 1 spiro atoms. The fraction of sp³-hybridized carbons (Fsp3) is 0.682. The SMILES string of the molecule is CC(C)C(=O)N[C@H]1C(C)(C)[C@@H]2C[C@@H]3[C@@H](c4cccc(F)c4)OCCC31C2. The molecule has 1 aliphatic heterocycles. The molecule has 2 saturated carbocycles. The summed E-state index contributed by atoms with van der Waals surface area (Å²) in [6, 6.07) is 7.00. The Hall–Kier alpha value is -1.42. The number of hydrogen-bond acceptors (Lipinski definition) is 2. The number of rotatable bonds is 3. The summed E-state index contributed by atoms with van der Waals surface area (Å²) in [6.45, 7) is 9.18. The van der Waals surface area contributed by atoms with E-state index in [9.17, 15) is 9.18 Å². The number of hydrogen-bond donors (Lipinski definition) is 1. The van der Waals surface area contributed by atoms with Gasteiger partial charge in [-0.05, 0) is 59.6 Å². The smallest absolute Gasteiger partial charge is 0.222 e. The maximum absolute atomic E-state index is 13.8. The number of carbonyl (C=O) groups is 1. The van der Waals surface area contributed by atoms with E-state index in [0.29, 0.717) is 18.4 Å². The summed E-state index contributed by atoms with van der Waals surface area (Å²) in [5.41, 5.74) is 1.09. The van der Waals surface area contributed by atoms with Gasteiger partial charge in [-0.15, -0.1) is 0 Å². The average Bonchev–Trinajstić information content (AvgIpc) is 3.07. The highest BCUT2D eigenvalue weighted by Gasteiger charge is 2.68. The van der Waals surface area contributed by atoms with E-state index in [1.165, 1.54) is 6.07 Å². The van der Waals surface area contributed by atoms with Gasteiger partial charge >= 0.3 is 0 Å². The molecule has 1 unspecified atom stereocenters. The molecule has 3 nitrogen and oxygen atoms in total. The van der Waals surface area contributed by atoms with Crippen molar-refractivity contribution in [2.45, 2.75) is 59.1 Å². The highest BCUT2D eigenvalue weighted by atomic mass is 19.1. The first kappa shape index (κ1) is 18.0. The molecular formula is C22H30FNO2. The molecule has 26 heavy (non-hydrogen) atoms. The van der Waals surface area contributed by atoms with Crippen LogP contribution in [0.2, 0.25) is 0 Å². The second kappa shape index (κ2) is 6.05. The summed E-state index contributed by atoms with van der Waals surface area (Å²) in [5, 5.41) is 3.40. The molecule has 3 fully saturated rings. The number of carbonyl (C=O) groups excluding carboxylic acids is 1.